The van der Waals surface area contributed by atoms with E-state index < -0.39 is 69.2 Å². The molecule has 0 spiro atoms. The van der Waals surface area contributed by atoms with Crippen LogP contribution < -0.4 is 11.1 Å². The van der Waals surface area contributed by atoms with Crippen LogP contribution in [0, 0.1) is 0 Å². The van der Waals surface area contributed by atoms with Gasteiger partial charge in [-0.3, -0.25) is 14.1 Å². The van der Waals surface area contributed by atoms with Gasteiger partial charge in [0.1, 0.15) is 17.4 Å². The van der Waals surface area contributed by atoms with E-state index in [-0.39, 0.29) is 38.3 Å². The Labute approximate surface area is 235 Å². The fraction of sp³-hybridized carbons (Fsp3) is 0.318. The number of nitrogen functional groups attached to an aromatic ring is 1. The minimum absolute atomic E-state index is 0.0172. The summed E-state index contributed by atoms with van der Waals surface area (Å²) in [7, 11) is -4.83. The fourth-order valence-corrected chi connectivity index (χ4v) is 5.44. The molecule has 19 heteroatoms. The summed E-state index contributed by atoms with van der Waals surface area (Å²) >= 11 is 0.963. The smallest absolute Gasteiger partial charge is 0.362 e. The highest BCUT2D eigenvalue weighted by Gasteiger charge is 2.51. The number of carbonyl (C=O) groups is 3. The van der Waals surface area contributed by atoms with Gasteiger partial charge in [-0.25, -0.2) is 24.1 Å². The fourth-order valence-electron chi connectivity index (χ4n) is 4.01. The molecule has 4 rings (SSSR count). The first-order valence-electron chi connectivity index (χ1n) is 11.8. The third-order valence-electron chi connectivity index (χ3n) is 5.97. The predicted molar refractivity (Wildman–Crippen MR) is 141 cm³/mol. The quantitative estimate of drug-likeness (QED) is 0.0603. The third kappa shape index (κ3) is 5.81. The molecule has 41 heavy (non-hydrogen) atoms. The van der Waals surface area contributed by atoms with Crippen LogP contribution in [0.2, 0.25) is 0 Å². The first kappa shape index (κ1) is 29.4. The lowest BCUT2D eigenvalue weighted by Crippen LogP contribution is -2.71. The number of phenols is 2. The standard InChI is InChI=1S/C22H23N7O10S2/c1-3-4-14(17-18(21(34)35)25-10-6-13(31)12(30)5-9(10)24-17)39-28-16(11-7-40-22(23)26-11)19(32)27-15-8(2)29(20(15)33)41(36,37)38/h5-8,14-15,30-31H,3-4H2,1-2H3,(H2,23,26)(H,27,32)(H,34,35)(H,36,37,38). The minimum Gasteiger partial charge on any atom is -0.504 e. The summed E-state index contributed by atoms with van der Waals surface area (Å²) in [5.74, 6) is -4.60. The third-order valence-corrected chi connectivity index (χ3v) is 7.65. The molecule has 1 aliphatic heterocycles. The Morgan fingerprint density at radius 1 is 1.22 bits per heavy atom. The zero-order chi connectivity index (χ0) is 30.2. The molecule has 7 N–H and O–H groups in total. The zero-order valence-electron chi connectivity index (χ0n) is 21.2. The number of hydrogen-bond acceptors (Lipinski definition) is 14. The Kier molecular flexibility index (Phi) is 7.95. The number of benzene rings is 1. The number of aromatic hydroxyl groups is 2. The molecule has 3 atom stereocenters. The molecule has 0 radical (unpaired) electrons. The van der Waals surface area contributed by atoms with Crippen molar-refractivity contribution in [1.82, 2.24) is 24.6 Å². The summed E-state index contributed by atoms with van der Waals surface area (Å²) in [6.45, 7) is 3.05. The minimum atomic E-state index is -4.83. The number of nitrogens with two attached hydrogens (primary N) is 1. The van der Waals surface area contributed by atoms with Crippen LogP contribution in [0.25, 0.3) is 11.0 Å². The van der Waals surface area contributed by atoms with Crippen molar-refractivity contribution in [3.05, 3.63) is 34.6 Å². The number of aromatic carboxylic acids is 1. The largest absolute Gasteiger partial charge is 0.504 e. The molecule has 0 bridgehead atoms. The number of β-lactam (4-membered cyclic amide) rings is 1. The Bertz CT molecular complexity index is 1690. The number of nitrogens with zero attached hydrogens (tertiary/aromatic N) is 5. The maximum atomic E-state index is 13.2. The summed E-state index contributed by atoms with van der Waals surface area (Å²) in [6, 6.07) is -0.310. The van der Waals surface area contributed by atoms with E-state index in [0.29, 0.717) is 6.42 Å². The normalized spacial score (nSPS) is 18.2. The van der Waals surface area contributed by atoms with Crippen molar-refractivity contribution >= 4 is 61.3 Å². The van der Waals surface area contributed by atoms with E-state index in [4.69, 9.17) is 10.6 Å². The molecule has 1 aromatic carbocycles. The Morgan fingerprint density at radius 3 is 2.37 bits per heavy atom. The lowest BCUT2D eigenvalue weighted by molar-refractivity contribution is -0.143. The maximum Gasteiger partial charge on any atom is 0.362 e. The van der Waals surface area contributed by atoms with Crippen LogP contribution in [0.15, 0.2) is 22.7 Å². The molecule has 0 saturated carbocycles. The van der Waals surface area contributed by atoms with E-state index in [1.54, 1.807) is 6.92 Å². The first-order chi connectivity index (χ1) is 19.2. The van der Waals surface area contributed by atoms with E-state index in [1.165, 1.54) is 12.3 Å². The van der Waals surface area contributed by atoms with Gasteiger partial charge in [0.25, 0.3) is 11.8 Å². The highest BCUT2D eigenvalue weighted by molar-refractivity contribution is 7.84. The second kappa shape index (κ2) is 11.1. The average Bonchev–Trinajstić information content (AvgIpc) is 3.31. The molecule has 1 fully saturated rings. The van der Waals surface area contributed by atoms with Gasteiger partial charge in [0.05, 0.1) is 17.1 Å². The molecule has 3 heterocycles. The number of rotatable bonds is 10. The van der Waals surface area contributed by atoms with Crippen LogP contribution in [-0.4, -0.2) is 83.1 Å². The second-order valence-corrected chi connectivity index (χ2v) is 11.0. The van der Waals surface area contributed by atoms with Crippen molar-refractivity contribution in [3.63, 3.8) is 0 Å². The van der Waals surface area contributed by atoms with Gasteiger partial charge in [0.15, 0.2) is 34.1 Å². The van der Waals surface area contributed by atoms with Gasteiger partial charge in [0, 0.05) is 17.5 Å². The van der Waals surface area contributed by atoms with E-state index in [9.17, 15) is 42.7 Å². The van der Waals surface area contributed by atoms with E-state index in [2.05, 4.69) is 25.4 Å². The van der Waals surface area contributed by atoms with Gasteiger partial charge in [-0.1, -0.05) is 18.5 Å². The molecule has 1 aliphatic rings. The van der Waals surface area contributed by atoms with Gasteiger partial charge in [-0.05, 0) is 13.3 Å². The molecule has 218 valence electrons. The number of hydrogen-bond donors (Lipinski definition) is 6. The zero-order valence-corrected chi connectivity index (χ0v) is 22.9. The van der Waals surface area contributed by atoms with Crippen LogP contribution in [-0.2, 0) is 24.7 Å². The SMILES string of the molecule is CCCC(ON=C(C(=O)NC1C(=O)N(S(=O)(=O)O)C1C)c1csc(N)n1)c1nc2cc(O)c(O)cc2nc1C(=O)O. The number of anilines is 1. The summed E-state index contributed by atoms with van der Waals surface area (Å²) in [5, 5.41) is 37.1. The lowest BCUT2D eigenvalue weighted by atomic mass is 10.0. The maximum absolute atomic E-state index is 13.2. The average molecular weight is 610 g/mol. The van der Waals surface area contributed by atoms with Crippen molar-refractivity contribution in [1.29, 1.82) is 0 Å². The van der Waals surface area contributed by atoms with E-state index in [0.717, 1.165) is 23.5 Å². The topological polar surface area (TPSA) is 268 Å². The first-order valence-corrected chi connectivity index (χ1v) is 14.0. The number of amides is 2. The highest BCUT2D eigenvalue weighted by atomic mass is 32.2. The number of oxime groups is 1. The molecule has 1 saturated heterocycles. The lowest BCUT2D eigenvalue weighted by Gasteiger charge is -2.42. The molecule has 17 nitrogen and oxygen atoms in total. The van der Waals surface area contributed by atoms with Gasteiger partial charge < -0.3 is 31.2 Å². The highest BCUT2D eigenvalue weighted by Crippen LogP contribution is 2.32. The molecule has 3 aromatic rings. The number of carboxylic acid groups (broad SMARTS) is 1. The van der Waals surface area contributed by atoms with Gasteiger partial charge >= 0.3 is 16.3 Å². The van der Waals surface area contributed by atoms with E-state index in [1.807, 2.05) is 0 Å². The molecule has 0 aliphatic carbocycles. The number of aromatic nitrogens is 3. The van der Waals surface area contributed by atoms with Crippen molar-refractivity contribution < 1.29 is 47.5 Å². The molecular weight excluding hydrogens is 586 g/mol. The monoisotopic (exact) mass is 609 g/mol. The summed E-state index contributed by atoms with van der Waals surface area (Å²) in [5.41, 5.74) is 4.46. The molecule has 3 unspecified atom stereocenters. The van der Waals surface area contributed by atoms with Crippen LogP contribution in [0.4, 0.5) is 5.13 Å². The number of nitrogens with one attached hydrogen (secondary N) is 1. The van der Waals surface area contributed by atoms with E-state index >= 15 is 0 Å². The van der Waals surface area contributed by atoms with Crippen LogP contribution in [0.3, 0.4) is 0 Å². The van der Waals surface area contributed by atoms with Crippen molar-refractivity contribution in [2.24, 2.45) is 5.16 Å². The molecular formula is C22H23N7O10S2. The van der Waals surface area contributed by atoms with Crippen molar-refractivity contribution in [2.75, 3.05) is 5.73 Å². The summed E-state index contributed by atoms with van der Waals surface area (Å²) < 4.78 is 32.2. The number of phenolic OH excluding ortho intramolecular Hbond substituents is 2. The summed E-state index contributed by atoms with van der Waals surface area (Å²) in [6.07, 6.45) is -0.606. The number of fused-ring (bicyclic) bond motifs is 1. The van der Waals surface area contributed by atoms with Crippen molar-refractivity contribution in [3.8, 4) is 11.5 Å². The number of carboxylic acids is 1. The Hall–Kier alpha value is -4.62. The Morgan fingerprint density at radius 2 is 1.85 bits per heavy atom. The number of carbonyl (C=O) groups excluding carboxylic acids is 2. The second-order valence-electron chi connectivity index (χ2n) is 8.79. The molecule has 2 aromatic heterocycles. The molecule has 2 amide bonds. The van der Waals surface area contributed by atoms with Crippen LogP contribution in [0.1, 0.15) is 54.7 Å². The number of thiazole rings is 1. The van der Waals surface area contributed by atoms with Crippen LogP contribution in [0.5, 0.6) is 11.5 Å². The van der Waals surface area contributed by atoms with Gasteiger partial charge in [0.2, 0.25) is 0 Å². The van der Waals surface area contributed by atoms with Crippen LogP contribution >= 0.6 is 11.3 Å². The summed E-state index contributed by atoms with van der Waals surface area (Å²) in [4.78, 5) is 55.4. The van der Waals surface area contributed by atoms with Gasteiger partial charge in [-0.15, -0.1) is 11.3 Å². The van der Waals surface area contributed by atoms with Gasteiger partial charge in [-0.2, -0.15) is 8.42 Å². The predicted octanol–water partition coefficient (Wildman–Crippen LogP) is 0.558. The van der Waals surface area contributed by atoms with Crippen molar-refractivity contribution in [2.45, 2.75) is 44.9 Å². The Balaban J connectivity index is 1.71.